The van der Waals surface area contributed by atoms with Crippen LogP contribution in [0.3, 0.4) is 0 Å². The second kappa shape index (κ2) is 13.7. The number of anilines is 3. The lowest BCUT2D eigenvalue weighted by Gasteiger charge is -2.29. The van der Waals surface area contributed by atoms with Crippen molar-refractivity contribution in [3.05, 3.63) is 223 Å². The molecule has 0 spiro atoms. The summed E-state index contributed by atoms with van der Waals surface area (Å²) in [5.41, 5.74) is 17.6. The third-order valence-electron chi connectivity index (χ3n) is 13.0. The molecule has 0 fully saturated rings. The molecule has 1 heterocycles. The largest absolute Gasteiger partial charge is 0.456 e. The molecule has 1 aliphatic rings. The van der Waals surface area contributed by atoms with E-state index in [1.807, 2.05) is 0 Å². The van der Waals surface area contributed by atoms with E-state index in [2.05, 4.69) is 231 Å². The first-order valence-corrected chi connectivity index (χ1v) is 21.2. The summed E-state index contributed by atoms with van der Waals surface area (Å²) in [5, 5.41) is 7.12. The first-order chi connectivity index (χ1) is 30.0. The zero-order valence-electron chi connectivity index (χ0n) is 34.1. The number of hydrogen-bond acceptors (Lipinski definition) is 2. The van der Waals surface area contributed by atoms with E-state index in [-0.39, 0.29) is 5.41 Å². The van der Waals surface area contributed by atoms with Gasteiger partial charge in [-0.3, -0.25) is 0 Å². The summed E-state index contributed by atoms with van der Waals surface area (Å²) in [6, 6.07) is 77.4. The van der Waals surface area contributed by atoms with Gasteiger partial charge in [0.1, 0.15) is 11.2 Å². The van der Waals surface area contributed by atoms with Gasteiger partial charge in [-0.15, -0.1) is 0 Å². The van der Waals surface area contributed by atoms with Crippen LogP contribution >= 0.6 is 0 Å². The Morgan fingerprint density at radius 2 is 0.902 bits per heavy atom. The van der Waals surface area contributed by atoms with E-state index in [1.54, 1.807) is 0 Å². The van der Waals surface area contributed by atoms with E-state index in [0.717, 1.165) is 50.1 Å². The van der Waals surface area contributed by atoms with Gasteiger partial charge in [0.25, 0.3) is 0 Å². The molecule has 2 heteroatoms. The van der Waals surface area contributed by atoms with E-state index in [1.165, 1.54) is 66.1 Å². The fraction of sp³-hybridized carbons (Fsp3) is 0.0508. The Bertz CT molecular complexity index is 3490. The van der Waals surface area contributed by atoms with Gasteiger partial charge in [0, 0.05) is 33.1 Å². The molecule has 0 radical (unpaired) electrons. The monoisotopic (exact) mass is 779 g/mol. The Morgan fingerprint density at radius 3 is 1.69 bits per heavy atom. The van der Waals surface area contributed by atoms with Crippen molar-refractivity contribution < 1.29 is 4.42 Å². The molecule has 0 unspecified atom stereocenters. The smallest absolute Gasteiger partial charge is 0.136 e. The Kier molecular flexibility index (Phi) is 7.92. The minimum Gasteiger partial charge on any atom is -0.456 e. The van der Waals surface area contributed by atoms with Gasteiger partial charge >= 0.3 is 0 Å². The molecule has 288 valence electrons. The Hall–Kier alpha value is -7.68. The molecule has 0 amide bonds. The first-order valence-electron chi connectivity index (χ1n) is 21.2. The molecule has 0 aliphatic heterocycles. The van der Waals surface area contributed by atoms with Gasteiger partial charge in [0.15, 0.2) is 0 Å². The third kappa shape index (κ3) is 5.64. The highest BCUT2D eigenvalue weighted by Gasteiger charge is 2.37. The Balaban J connectivity index is 1.00. The molecule has 1 aromatic heterocycles. The van der Waals surface area contributed by atoms with Crippen LogP contribution in [0.1, 0.15) is 25.0 Å². The Labute approximate surface area is 355 Å². The molecule has 2 nitrogen and oxygen atoms in total. The van der Waals surface area contributed by atoms with Crippen molar-refractivity contribution in [2.75, 3.05) is 4.90 Å². The highest BCUT2D eigenvalue weighted by Crippen LogP contribution is 2.52. The molecule has 10 aromatic carbocycles. The summed E-state index contributed by atoms with van der Waals surface area (Å²) in [5.74, 6) is 0. The van der Waals surface area contributed by atoms with Crippen molar-refractivity contribution in [1.29, 1.82) is 0 Å². The maximum absolute atomic E-state index is 6.44. The van der Waals surface area contributed by atoms with Crippen LogP contribution in [0.15, 0.2) is 217 Å². The highest BCUT2D eigenvalue weighted by atomic mass is 16.3. The van der Waals surface area contributed by atoms with Crippen molar-refractivity contribution in [3.63, 3.8) is 0 Å². The lowest BCUT2D eigenvalue weighted by Crippen LogP contribution is -2.16. The molecule has 0 saturated carbocycles. The van der Waals surface area contributed by atoms with Crippen LogP contribution in [0, 0.1) is 0 Å². The summed E-state index contributed by atoms with van der Waals surface area (Å²) >= 11 is 0. The molecule has 0 N–H and O–H groups in total. The van der Waals surface area contributed by atoms with Gasteiger partial charge in [-0.25, -0.2) is 0 Å². The quantitative estimate of drug-likeness (QED) is 0.167. The molecular formula is C59H41NO. The molecular weight excluding hydrogens is 739 g/mol. The van der Waals surface area contributed by atoms with Crippen molar-refractivity contribution in [2.45, 2.75) is 19.3 Å². The lowest BCUT2D eigenvalue weighted by atomic mass is 9.79. The fourth-order valence-electron chi connectivity index (χ4n) is 10.1. The number of hydrogen-bond donors (Lipinski definition) is 0. The Morgan fingerprint density at radius 1 is 0.361 bits per heavy atom. The fourth-order valence-corrected chi connectivity index (χ4v) is 10.1. The zero-order chi connectivity index (χ0) is 40.7. The highest BCUT2D eigenvalue weighted by molar-refractivity contribution is 6.11. The first kappa shape index (κ1) is 35.3. The summed E-state index contributed by atoms with van der Waals surface area (Å²) in [7, 11) is 0. The van der Waals surface area contributed by atoms with E-state index in [9.17, 15) is 0 Å². The second-order valence-electron chi connectivity index (χ2n) is 16.9. The predicted molar refractivity (Wildman–Crippen MR) is 257 cm³/mol. The average molecular weight is 780 g/mol. The van der Waals surface area contributed by atoms with Gasteiger partial charge < -0.3 is 9.32 Å². The van der Waals surface area contributed by atoms with Crippen LogP contribution in [0.5, 0.6) is 0 Å². The number of furan rings is 1. The van der Waals surface area contributed by atoms with E-state index in [0.29, 0.717) is 0 Å². The molecule has 11 aromatic rings. The van der Waals surface area contributed by atoms with E-state index in [4.69, 9.17) is 4.42 Å². The summed E-state index contributed by atoms with van der Waals surface area (Å²) in [6.45, 7) is 4.73. The molecule has 61 heavy (non-hydrogen) atoms. The summed E-state index contributed by atoms with van der Waals surface area (Å²) < 4.78 is 6.44. The van der Waals surface area contributed by atoms with E-state index >= 15 is 0 Å². The van der Waals surface area contributed by atoms with E-state index < -0.39 is 0 Å². The molecule has 1 aliphatic carbocycles. The number of para-hydroxylation sites is 1. The maximum Gasteiger partial charge on any atom is 0.136 e. The van der Waals surface area contributed by atoms with Gasteiger partial charge in [-0.2, -0.15) is 0 Å². The van der Waals surface area contributed by atoms with Gasteiger partial charge in [0.05, 0.1) is 5.69 Å². The van der Waals surface area contributed by atoms with Crippen LogP contribution in [0.4, 0.5) is 17.1 Å². The minimum absolute atomic E-state index is 0.105. The van der Waals surface area contributed by atoms with Gasteiger partial charge in [-0.05, 0) is 126 Å². The molecule has 12 rings (SSSR count). The lowest BCUT2D eigenvalue weighted by molar-refractivity contribution is 0.662. The average Bonchev–Trinajstić information content (AvgIpc) is 3.79. The topological polar surface area (TPSA) is 16.4 Å². The predicted octanol–water partition coefficient (Wildman–Crippen LogP) is 16.7. The molecule has 0 saturated heterocycles. The SMILES string of the molecule is CC1(C)c2ccccc2-c2cccc(-c3ccc(N(c4ccc(-c5cccc6ccccc56)cc4)c4ccccc4-c4ccc5oc6cc7ccccc7cc6c5c4)cc3)c21. The van der Waals surface area contributed by atoms with Crippen LogP contribution in [0.2, 0.25) is 0 Å². The van der Waals surface area contributed by atoms with Crippen LogP contribution < -0.4 is 4.90 Å². The summed E-state index contributed by atoms with van der Waals surface area (Å²) in [4.78, 5) is 2.41. The number of fused-ring (bicyclic) bond motifs is 8. The van der Waals surface area contributed by atoms with Crippen LogP contribution in [0.25, 0.3) is 88.0 Å². The minimum atomic E-state index is -0.105. The van der Waals surface area contributed by atoms with Crippen molar-refractivity contribution in [3.8, 4) is 44.5 Å². The van der Waals surface area contributed by atoms with Gasteiger partial charge in [0.2, 0.25) is 0 Å². The maximum atomic E-state index is 6.44. The normalized spacial score (nSPS) is 12.9. The van der Waals surface area contributed by atoms with Crippen LogP contribution in [-0.4, -0.2) is 0 Å². The number of rotatable bonds is 6. The van der Waals surface area contributed by atoms with Crippen LogP contribution in [-0.2, 0) is 5.41 Å². The van der Waals surface area contributed by atoms with Crippen molar-refractivity contribution in [2.24, 2.45) is 0 Å². The van der Waals surface area contributed by atoms with Crippen molar-refractivity contribution >= 4 is 60.5 Å². The van der Waals surface area contributed by atoms with Crippen molar-refractivity contribution in [1.82, 2.24) is 0 Å². The van der Waals surface area contributed by atoms with Gasteiger partial charge in [-0.1, -0.05) is 172 Å². The molecule has 0 atom stereocenters. The number of nitrogens with zero attached hydrogens (tertiary/aromatic N) is 1. The second-order valence-corrected chi connectivity index (χ2v) is 16.9. The zero-order valence-corrected chi connectivity index (χ0v) is 34.1. The standard InChI is InChI=1S/C59H41NO/c1-59(2)54-23-9-7-19-50(54)51-22-12-21-49(58(51)59)40-27-32-45(33-28-40)60(44-30-25-39(26-31-44)47-20-11-16-38-13-5-6-17-46(38)47)55-24-10-8-18-48(55)43-29-34-56-52(36-43)53-35-41-14-3-4-15-42(41)37-57(53)61-56/h3-37H,1-2H3. The number of benzene rings is 10. The third-order valence-corrected chi connectivity index (χ3v) is 13.0. The summed E-state index contributed by atoms with van der Waals surface area (Å²) in [6.07, 6.45) is 0. The molecule has 0 bridgehead atoms.